The van der Waals surface area contributed by atoms with Gasteiger partial charge < -0.3 is 19.9 Å². The minimum absolute atomic E-state index is 0.185. The Kier molecular flexibility index (Phi) is 4.11. The van der Waals surface area contributed by atoms with Gasteiger partial charge in [-0.15, -0.1) is 0 Å². The van der Waals surface area contributed by atoms with Gasteiger partial charge in [-0.05, 0) is 41.3 Å². The van der Waals surface area contributed by atoms with Crippen LogP contribution in [-0.4, -0.2) is 35.6 Å². The van der Waals surface area contributed by atoms with E-state index in [0.717, 1.165) is 22.2 Å². The van der Waals surface area contributed by atoms with Crippen LogP contribution in [-0.2, 0) is 4.74 Å². The van der Waals surface area contributed by atoms with Crippen molar-refractivity contribution in [1.82, 2.24) is 9.88 Å². The number of anilines is 1. The number of fused-ring (bicyclic) bond motifs is 1. The number of aromatic nitrogens is 1. The van der Waals surface area contributed by atoms with Crippen LogP contribution in [0.5, 0.6) is 0 Å². The van der Waals surface area contributed by atoms with Crippen LogP contribution >= 0.6 is 0 Å². The smallest absolute Gasteiger partial charge is 0.322 e. The summed E-state index contributed by atoms with van der Waals surface area (Å²) < 4.78 is 19.1. The van der Waals surface area contributed by atoms with Crippen molar-refractivity contribution in [2.45, 2.75) is 6.10 Å². The molecule has 2 N–H and O–H groups in total. The number of urea groups is 1. The third-order valence-electron chi connectivity index (χ3n) is 4.38. The van der Waals surface area contributed by atoms with Crippen LogP contribution in [0.1, 0.15) is 11.7 Å². The minimum Gasteiger partial charge on any atom is -0.370 e. The van der Waals surface area contributed by atoms with Gasteiger partial charge in [0.25, 0.3) is 0 Å². The molecule has 0 saturated carbocycles. The highest BCUT2D eigenvalue weighted by Gasteiger charge is 2.25. The number of morpholine rings is 1. The second-order valence-corrected chi connectivity index (χ2v) is 6.07. The monoisotopic (exact) mass is 339 g/mol. The first-order valence-corrected chi connectivity index (χ1v) is 8.19. The maximum Gasteiger partial charge on any atom is 0.322 e. The van der Waals surface area contributed by atoms with Crippen LogP contribution in [0.15, 0.2) is 54.7 Å². The highest BCUT2D eigenvalue weighted by Crippen LogP contribution is 2.24. The van der Waals surface area contributed by atoms with E-state index < -0.39 is 0 Å². The van der Waals surface area contributed by atoms with Crippen molar-refractivity contribution in [3.63, 3.8) is 0 Å². The van der Waals surface area contributed by atoms with E-state index in [1.54, 1.807) is 11.0 Å². The normalized spacial score (nSPS) is 17.6. The van der Waals surface area contributed by atoms with Gasteiger partial charge in [-0.1, -0.05) is 18.2 Å². The topological polar surface area (TPSA) is 57.4 Å². The molecule has 1 aliphatic heterocycles. The van der Waals surface area contributed by atoms with Gasteiger partial charge >= 0.3 is 6.03 Å². The Bertz CT molecular complexity index is 908. The number of nitrogens with one attached hydrogen (secondary N) is 2. The molecule has 1 saturated heterocycles. The van der Waals surface area contributed by atoms with E-state index in [0.29, 0.717) is 19.7 Å². The number of nitrogens with zero attached hydrogens (tertiary/aromatic N) is 1. The van der Waals surface area contributed by atoms with Crippen molar-refractivity contribution in [1.29, 1.82) is 0 Å². The molecule has 0 aliphatic carbocycles. The summed E-state index contributed by atoms with van der Waals surface area (Å²) in [6, 6.07) is 13.8. The van der Waals surface area contributed by atoms with Crippen molar-refractivity contribution >= 4 is 22.6 Å². The molecule has 6 heteroatoms. The number of hydrogen-bond acceptors (Lipinski definition) is 2. The highest BCUT2D eigenvalue weighted by molar-refractivity contribution is 5.92. The van der Waals surface area contributed by atoms with Crippen molar-refractivity contribution < 1.29 is 13.9 Å². The molecule has 0 radical (unpaired) electrons. The molecule has 1 unspecified atom stereocenters. The van der Waals surface area contributed by atoms with Gasteiger partial charge in [0.05, 0.1) is 13.2 Å². The number of carbonyl (C=O) groups excluding carboxylic acids is 1. The first-order valence-electron chi connectivity index (χ1n) is 8.19. The Morgan fingerprint density at radius 1 is 1.24 bits per heavy atom. The van der Waals surface area contributed by atoms with E-state index in [1.165, 1.54) is 12.1 Å². The maximum atomic E-state index is 13.4. The molecule has 3 aromatic rings. The predicted molar refractivity (Wildman–Crippen MR) is 94.0 cm³/mol. The lowest BCUT2D eigenvalue weighted by Gasteiger charge is -2.33. The van der Waals surface area contributed by atoms with E-state index in [4.69, 9.17) is 4.74 Å². The zero-order valence-corrected chi connectivity index (χ0v) is 13.5. The van der Waals surface area contributed by atoms with E-state index in [1.807, 2.05) is 36.5 Å². The van der Waals surface area contributed by atoms with Gasteiger partial charge in [0.1, 0.15) is 11.9 Å². The summed E-state index contributed by atoms with van der Waals surface area (Å²) in [4.78, 5) is 17.4. The van der Waals surface area contributed by atoms with Gasteiger partial charge in [-0.25, -0.2) is 9.18 Å². The van der Waals surface area contributed by atoms with Crippen LogP contribution in [0.25, 0.3) is 10.9 Å². The molecule has 1 aromatic heterocycles. The van der Waals surface area contributed by atoms with Crippen molar-refractivity contribution in [2.75, 3.05) is 25.0 Å². The summed E-state index contributed by atoms with van der Waals surface area (Å²) in [5, 5.41) is 4.01. The van der Waals surface area contributed by atoms with Crippen LogP contribution in [0.2, 0.25) is 0 Å². The predicted octanol–water partition coefficient (Wildman–Crippen LogP) is 3.91. The first-order chi connectivity index (χ1) is 12.2. The molecule has 1 aliphatic rings. The van der Waals surface area contributed by atoms with Gasteiger partial charge in [-0.3, -0.25) is 0 Å². The molecule has 1 atom stereocenters. The molecule has 25 heavy (non-hydrogen) atoms. The van der Waals surface area contributed by atoms with Crippen molar-refractivity contribution in [2.24, 2.45) is 0 Å². The van der Waals surface area contributed by atoms with Crippen molar-refractivity contribution in [3.8, 4) is 0 Å². The SMILES string of the molecule is O=C(Nc1ccc2cc[nH]c2c1)N1CCOC(c2cccc(F)c2)C1. The minimum atomic E-state index is -0.318. The lowest BCUT2D eigenvalue weighted by Crippen LogP contribution is -2.44. The summed E-state index contributed by atoms with van der Waals surface area (Å²) in [5.74, 6) is -0.304. The summed E-state index contributed by atoms with van der Waals surface area (Å²) in [6.45, 7) is 1.31. The van der Waals surface area contributed by atoms with Crippen LogP contribution in [0, 0.1) is 5.82 Å². The fraction of sp³-hybridized carbons (Fsp3) is 0.211. The largest absolute Gasteiger partial charge is 0.370 e. The number of H-pyrrole nitrogens is 1. The Morgan fingerprint density at radius 3 is 3.04 bits per heavy atom. The maximum absolute atomic E-state index is 13.4. The summed E-state index contributed by atoms with van der Waals surface area (Å²) in [5.41, 5.74) is 2.44. The molecule has 2 aromatic carbocycles. The molecular weight excluding hydrogens is 321 g/mol. The Hall–Kier alpha value is -2.86. The number of amides is 2. The van der Waals surface area contributed by atoms with E-state index in [2.05, 4.69) is 10.3 Å². The molecule has 0 bridgehead atoms. The molecule has 5 nitrogen and oxygen atoms in total. The van der Waals surface area contributed by atoms with E-state index in [9.17, 15) is 9.18 Å². The van der Waals surface area contributed by atoms with Gasteiger partial charge in [0.15, 0.2) is 0 Å². The zero-order valence-electron chi connectivity index (χ0n) is 13.5. The van der Waals surface area contributed by atoms with Gasteiger partial charge in [-0.2, -0.15) is 0 Å². The Balaban J connectivity index is 1.46. The quantitative estimate of drug-likeness (QED) is 0.744. The Labute approximate surface area is 144 Å². The number of halogens is 1. The molecule has 4 rings (SSSR count). The second kappa shape index (κ2) is 6.57. The number of aromatic amines is 1. The summed E-state index contributed by atoms with van der Waals surface area (Å²) >= 11 is 0. The van der Waals surface area contributed by atoms with Gasteiger partial charge in [0.2, 0.25) is 0 Å². The average Bonchev–Trinajstić information content (AvgIpc) is 3.09. The molecule has 2 heterocycles. The van der Waals surface area contributed by atoms with Crippen molar-refractivity contribution in [3.05, 3.63) is 66.1 Å². The third kappa shape index (κ3) is 3.34. The fourth-order valence-electron chi connectivity index (χ4n) is 3.07. The molecule has 1 fully saturated rings. The highest BCUT2D eigenvalue weighted by atomic mass is 19.1. The number of carbonyl (C=O) groups is 1. The lowest BCUT2D eigenvalue weighted by molar-refractivity contribution is -0.0136. The number of ether oxygens (including phenoxy) is 1. The van der Waals surface area contributed by atoms with E-state index >= 15 is 0 Å². The fourth-order valence-corrected chi connectivity index (χ4v) is 3.07. The van der Waals surface area contributed by atoms with Crippen LogP contribution in [0.4, 0.5) is 14.9 Å². The molecule has 2 amide bonds. The zero-order chi connectivity index (χ0) is 17.2. The average molecular weight is 339 g/mol. The first kappa shape index (κ1) is 15.7. The number of hydrogen-bond donors (Lipinski definition) is 2. The Morgan fingerprint density at radius 2 is 2.16 bits per heavy atom. The van der Waals surface area contributed by atoms with Crippen LogP contribution in [0.3, 0.4) is 0 Å². The second-order valence-electron chi connectivity index (χ2n) is 6.07. The molecule has 128 valence electrons. The number of rotatable bonds is 2. The lowest BCUT2D eigenvalue weighted by atomic mass is 10.1. The number of benzene rings is 2. The third-order valence-corrected chi connectivity index (χ3v) is 4.38. The summed E-state index contributed by atoms with van der Waals surface area (Å²) in [7, 11) is 0. The molecular formula is C19H18FN3O2. The van der Waals surface area contributed by atoms with Crippen LogP contribution < -0.4 is 5.32 Å². The van der Waals surface area contributed by atoms with E-state index in [-0.39, 0.29) is 18.0 Å². The molecule has 0 spiro atoms. The van der Waals surface area contributed by atoms with Gasteiger partial charge in [0, 0.05) is 23.9 Å². The standard InChI is InChI=1S/C19H18FN3O2/c20-15-3-1-2-14(10-15)18-12-23(8-9-25-18)19(24)22-16-5-4-13-6-7-21-17(13)11-16/h1-7,10-11,18,21H,8-9,12H2,(H,22,24). The summed E-state index contributed by atoms with van der Waals surface area (Å²) in [6.07, 6.45) is 1.54.